The van der Waals surface area contributed by atoms with E-state index in [0.29, 0.717) is 0 Å². The number of hydrogen-bond acceptors (Lipinski definition) is 3. The third-order valence-electron chi connectivity index (χ3n) is 4.30. The predicted octanol–water partition coefficient (Wildman–Crippen LogP) is 5.41. The van der Waals surface area contributed by atoms with Gasteiger partial charge in [-0.3, -0.25) is 4.79 Å². The van der Waals surface area contributed by atoms with Crippen LogP contribution in [0.1, 0.15) is 29.3 Å². The van der Waals surface area contributed by atoms with E-state index in [1.54, 1.807) is 18.9 Å². The van der Waals surface area contributed by atoms with Crippen molar-refractivity contribution < 1.29 is 9.53 Å². The number of rotatable bonds is 7. The van der Waals surface area contributed by atoms with E-state index in [1.807, 2.05) is 91.9 Å². The highest BCUT2D eigenvalue weighted by atomic mass is 32.2. The lowest BCUT2D eigenvalue weighted by Gasteiger charge is -2.22. The Morgan fingerprint density at radius 2 is 1.48 bits per heavy atom. The molecule has 0 aliphatic rings. The predicted molar refractivity (Wildman–Crippen MR) is 111 cm³/mol. The summed E-state index contributed by atoms with van der Waals surface area (Å²) in [6, 6.07) is 27.5. The van der Waals surface area contributed by atoms with Crippen molar-refractivity contribution in [1.29, 1.82) is 0 Å². The molecule has 0 bridgehead atoms. The Labute approximate surface area is 164 Å². The highest BCUT2D eigenvalue weighted by molar-refractivity contribution is 8.00. The molecule has 0 aromatic heterocycles. The quantitative estimate of drug-likeness (QED) is 0.560. The standard InChI is InChI=1S/C23H23NO2S/c1-17(20-15-9-10-16-21(20)26-2)24-23(25)22(18-11-5-3-6-12-18)27-19-13-7-4-8-14-19/h3-17,22H,1-2H3,(H,24,25)/t17-,22-/m0/s1. The molecule has 0 fully saturated rings. The van der Waals surface area contributed by atoms with Crippen molar-refractivity contribution in [3.8, 4) is 5.75 Å². The zero-order valence-corrected chi connectivity index (χ0v) is 16.3. The molecule has 2 atom stereocenters. The van der Waals surface area contributed by atoms with Crippen LogP contribution in [0.5, 0.6) is 5.75 Å². The van der Waals surface area contributed by atoms with E-state index in [-0.39, 0.29) is 17.2 Å². The number of ether oxygens (including phenoxy) is 1. The van der Waals surface area contributed by atoms with E-state index in [0.717, 1.165) is 21.8 Å². The Kier molecular flexibility index (Phi) is 6.55. The summed E-state index contributed by atoms with van der Waals surface area (Å²) in [5.74, 6) is 0.755. The fraction of sp³-hybridized carbons (Fsp3) is 0.174. The van der Waals surface area contributed by atoms with Crippen molar-refractivity contribution in [2.75, 3.05) is 7.11 Å². The molecule has 0 aliphatic carbocycles. The van der Waals surface area contributed by atoms with Crippen molar-refractivity contribution in [1.82, 2.24) is 5.32 Å². The van der Waals surface area contributed by atoms with Crippen LogP contribution >= 0.6 is 11.8 Å². The highest BCUT2D eigenvalue weighted by Gasteiger charge is 2.24. The molecule has 0 heterocycles. The minimum atomic E-state index is -0.328. The maximum atomic E-state index is 13.2. The number of amides is 1. The van der Waals surface area contributed by atoms with Crippen LogP contribution in [0.4, 0.5) is 0 Å². The maximum absolute atomic E-state index is 13.2. The number of benzene rings is 3. The van der Waals surface area contributed by atoms with Gasteiger partial charge < -0.3 is 10.1 Å². The van der Waals surface area contributed by atoms with Crippen molar-refractivity contribution >= 4 is 17.7 Å². The van der Waals surface area contributed by atoms with Gasteiger partial charge in [-0.1, -0.05) is 66.7 Å². The molecular weight excluding hydrogens is 354 g/mol. The Morgan fingerprint density at radius 3 is 2.15 bits per heavy atom. The normalized spacial score (nSPS) is 12.8. The van der Waals surface area contributed by atoms with E-state index < -0.39 is 0 Å². The molecule has 0 spiro atoms. The number of carbonyl (C=O) groups excluding carboxylic acids is 1. The van der Waals surface area contributed by atoms with Gasteiger partial charge in [0.05, 0.1) is 13.2 Å². The Bertz CT molecular complexity index is 868. The first kappa shape index (κ1) is 19.1. The largest absolute Gasteiger partial charge is 0.496 e. The lowest BCUT2D eigenvalue weighted by molar-refractivity contribution is -0.121. The minimum absolute atomic E-state index is 0.0199. The summed E-state index contributed by atoms with van der Waals surface area (Å²) in [5, 5.41) is 2.82. The molecule has 0 radical (unpaired) electrons. The Balaban J connectivity index is 1.82. The lowest BCUT2D eigenvalue weighted by atomic mass is 10.1. The minimum Gasteiger partial charge on any atom is -0.496 e. The van der Waals surface area contributed by atoms with Gasteiger partial charge in [-0.05, 0) is 30.7 Å². The first-order valence-electron chi connectivity index (χ1n) is 8.89. The van der Waals surface area contributed by atoms with Crippen LogP contribution in [-0.4, -0.2) is 13.0 Å². The average molecular weight is 378 g/mol. The monoisotopic (exact) mass is 377 g/mol. The van der Waals surface area contributed by atoms with Gasteiger partial charge >= 0.3 is 0 Å². The number of methoxy groups -OCH3 is 1. The molecule has 0 aliphatic heterocycles. The summed E-state index contributed by atoms with van der Waals surface area (Å²) in [4.78, 5) is 14.2. The number of hydrogen-bond donors (Lipinski definition) is 1. The van der Waals surface area contributed by atoms with Gasteiger partial charge in [-0.2, -0.15) is 0 Å². The van der Waals surface area contributed by atoms with E-state index in [4.69, 9.17) is 4.74 Å². The van der Waals surface area contributed by atoms with Gasteiger partial charge in [-0.15, -0.1) is 11.8 Å². The van der Waals surface area contributed by atoms with Gasteiger partial charge in [0.25, 0.3) is 0 Å². The second kappa shape index (κ2) is 9.28. The van der Waals surface area contributed by atoms with Crippen LogP contribution in [0.3, 0.4) is 0 Å². The molecular formula is C23H23NO2S. The van der Waals surface area contributed by atoms with Crippen LogP contribution < -0.4 is 10.1 Å². The molecule has 0 saturated carbocycles. The number of carbonyl (C=O) groups is 1. The summed E-state index contributed by atoms with van der Waals surface area (Å²) in [6.07, 6.45) is 0. The number of thioether (sulfide) groups is 1. The van der Waals surface area contributed by atoms with Crippen LogP contribution in [0.15, 0.2) is 89.8 Å². The first-order valence-corrected chi connectivity index (χ1v) is 9.77. The van der Waals surface area contributed by atoms with Crippen LogP contribution in [-0.2, 0) is 4.79 Å². The molecule has 0 unspecified atom stereocenters. The third kappa shape index (κ3) is 4.92. The molecule has 3 rings (SSSR count). The average Bonchev–Trinajstić information content (AvgIpc) is 2.73. The summed E-state index contributed by atoms with van der Waals surface area (Å²) < 4.78 is 5.43. The Morgan fingerprint density at radius 1 is 0.889 bits per heavy atom. The van der Waals surface area contributed by atoms with Crippen molar-refractivity contribution in [3.63, 3.8) is 0 Å². The van der Waals surface area contributed by atoms with E-state index >= 15 is 0 Å². The molecule has 3 aromatic rings. The zero-order chi connectivity index (χ0) is 19.1. The lowest BCUT2D eigenvalue weighted by Crippen LogP contribution is -2.30. The van der Waals surface area contributed by atoms with Gasteiger partial charge in [0.15, 0.2) is 0 Å². The van der Waals surface area contributed by atoms with Crippen LogP contribution in [0, 0.1) is 0 Å². The third-order valence-corrected chi connectivity index (χ3v) is 5.57. The van der Waals surface area contributed by atoms with Crippen LogP contribution in [0.25, 0.3) is 0 Å². The molecule has 3 nitrogen and oxygen atoms in total. The molecule has 1 amide bonds. The molecule has 1 N–H and O–H groups in total. The SMILES string of the molecule is COc1ccccc1[C@H](C)NC(=O)[C@@H](Sc1ccccc1)c1ccccc1. The summed E-state index contributed by atoms with van der Waals surface area (Å²) in [6.45, 7) is 1.98. The molecule has 3 aromatic carbocycles. The fourth-order valence-electron chi connectivity index (χ4n) is 2.93. The molecule has 138 valence electrons. The highest BCUT2D eigenvalue weighted by Crippen LogP contribution is 2.36. The molecule has 0 saturated heterocycles. The fourth-order valence-corrected chi connectivity index (χ4v) is 3.98. The zero-order valence-electron chi connectivity index (χ0n) is 15.5. The number of para-hydroxylation sites is 1. The molecule has 4 heteroatoms. The number of nitrogens with one attached hydrogen (secondary N) is 1. The van der Waals surface area contributed by atoms with Crippen molar-refractivity contribution in [2.24, 2.45) is 0 Å². The van der Waals surface area contributed by atoms with Gasteiger partial charge in [0, 0.05) is 10.5 Å². The summed E-state index contributed by atoms with van der Waals surface area (Å²) >= 11 is 1.55. The maximum Gasteiger partial charge on any atom is 0.238 e. The molecule has 27 heavy (non-hydrogen) atoms. The van der Waals surface area contributed by atoms with Gasteiger partial charge in [0.1, 0.15) is 11.0 Å². The van der Waals surface area contributed by atoms with Crippen LogP contribution in [0.2, 0.25) is 0 Å². The van der Waals surface area contributed by atoms with Crippen molar-refractivity contribution in [2.45, 2.75) is 23.1 Å². The topological polar surface area (TPSA) is 38.3 Å². The van der Waals surface area contributed by atoms with Crippen molar-refractivity contribution in [3.05, 3.63) is 96.1 Å². The second-order valence-corrected chi connectivity index (χ2v) is 7.37. The van der Waals surface area contributed by atoms with Gasteiger partial charge in [-0.25, -0.2) is 0 Å². The summed E-state index contributed by atoms with van der Waals surface area (Å²) in [5.41, 5.74) is 1.95. The summed E-state index contributed by atoms with van der Waals surface area (Å²) in [7, 11) is 1.64. The van der Waals surface area contributed by atoms with E-state index in [9.17, 15) is 4.79 Å². The first-order chi connectivity index (χ1) is 13.2. The second-order valence-electron chi connectivity index (χ2n) is 6.19. The Hall–Kier alpha value is -2.72. The smallest absolute Gasteiger partial charge is 0.238 e. The van der Waals surface area contributed by atoms with Gasteiger partial charge in [0.2, 0.25) is 5.91 Å². The van der Waals surface area contributed by atoms with E-state index in [1.165, 1.54) is 0 Å². The van der Waals surface area contributed by atoms with E-state index in [2.05, 4.69) is 5.32 Å².